The van der Waals surface area contributed by atoms with E-state index in [9.17, 15) is 4.79 Å². The predicted molar refractivity (Wildman–Crippen MR) is 116 cm³/mol. The maximum absolute atomic E-state index is 12.3. The number of nitrogens with zero attached hydrogens (tertiary/aromatic N) is 2. The third-order valence-corrected chi connectivity index (χ3v) is 4.69. The Morgan fingerprint density at radius 1 is 1.07 bits per heavy atom. The molecule has 0 aromatic carbocycles. The number of rotatable bonds is 10. The third kappa shape index (κ3) is 9.70. The maximum atomic E-state index is 12.3. The van der Waals surface area contributed by atoms with Crippen LogP contribution in [0.3, 0.4) is 0 Å². The van der Waals surface area contributed by atoms with E-state index in [1.807, 2.05) is 68.1 Å². The van der Waals surface area contributed by atoms with E-state index in [0.717, 1.165) is 24.1 Å². The standard InChI is InChI=1S/C24H35N3O2.BrH/c1-5-6-7-8-9-10-14-22(26-23(28)29-24(2,3)4)27-18-15-20(16-19-27)21-13-11-12-17-25-21;/h11-13,15-19,22H,5-10,14H2,1-4H3;1H. The molecule has 0 bridgehead atoms. The lowest BCUT2D eigenvalue weighted by molar-refractivity contribution is -0.727. The molecule has 0 aliphatic rings. The van der Waals surface area contributed by atoms with Gasteiger partial charge in [0.25, 0.3) is 0 Å². The summed E-state index contributed by atoms with van der Waals surface area (Å²) in [5, 5.41) is 3.04. The van der Waals surface area contributed by atoms with Crippen LogP contribution in [-0.4, -0.2) is 16.7 Å². The molecule has 30 heavy (non-hydrogen) atoms. The second-order valence-corrected chi connectivity index (χ2v) is 8.47. The van der Waals surface area contributed by atoms with E-state index < -0.39 is 5.60 Å². The van der Waals surface area contributed by atoms with Crippen LogP contribution in [0.2, 0.25) is 0 Å². The summed E-state index contributed by atoms with van der Waals surface area (Å²) in [7, 11) is 0. The first kappa shape index (κ1) is 26.1. The van der Waals surface area contributed by atoms with Gasteiger partial charge in [0.1, 0.15) is 5.60 Å². The first-order valence-electron chi connectivity index (χ1n) is 10.8. The summed E-state index contributed by atoms with van der Waals surface area (Å²) in [6.07, 6.45) is 13.5. The number of halogens is 1. The average Bonchev–Trinajstić information content (AvgIpc) is 2.69. The Balaban J connectivity index is 0.00000450. The van der Waals surface area contributed by atoms with Crippen LogP contribution < -0.4 is 26.9 Å². The van der Waals surface area contributed by atoms with Crippen molar-refractivity contribution in [3.63, 3.8) is 0 Å². The zero-order valence-electron chi connectivity index (χ0n) is 18.7. The minimum absolute atomic E-state index is 0. The van der Waals surface area contributed by atoms with Gasteiger partial charge in [0.2, 0.25) is 6.17 Å². The molecule has 5 nitrogen and oxygen atoms in total. The Morgan fingerprint density at radius 2 is 1.73 bits per heavy atom. The van der Waals surface area contributed by atoms with Gasteiger partial charge in [0.05, 0.1) is 5.69 Å². The number of hydrogen-bond donors (Lipinski definition) is 1. The van der Waals surface area contributed by atoms with Crippen LogP contribution in [0, 0.1) is 0 Å². The normalized spacial score (nSPS) is 12.0. The fraction of sp³-hybridized carbons (Fsp3) is 0.542. The first-order valence-corrected chi connectivity index (χ1v) is 10.8. The molecule has 2 rings (SSSR count). The number of pyridine rings is 2. The van der Waals surface area contributed by atoms with E-state index >= 15 is 0 Å². The third-order valence-electron chi connectivity index (χ3n) is 4.69. The molecular weight excluding hydrogens is 442 g/mol. The topological polar surface area (TPSA) is 55.1 Å². The molecule has 1 unspecified atom stereocenters. The lowest BCUT2D eigenvalue weighted by Crippen LogP contribution is -3.00. The van der Waals surface area contributed by atoms with Crippen LogP contribution >= 0.6 is 0 Å². The van der Waals surface area contributed by atoms with Gasteiger partial charge in [-0.1, -0.05) is 45.1 Å². The van der Waals surface area contributed by atoms with Gasteiger partial charge in [-0.05, 0) is 39.3 Å². The molecule has 0 saturated carbocycles. The number of aromatic nitrogens is 2. The van der Waals surface area contributed by atoms with Crippen molar-refractivity contribution in [2.24, 2.45) is 0 Å². The van der Waals surface area contributed by atoms with Crippen molar-refractivity contribution in [1.29, 1.82) is 0 Å². The molecule has 0 radical (unpaired) electrons. The molecule has 1 N–H and O–H groups in total. The van der Waals surface area contributed by atoms with Gasteiger partial charge >= 0.3 is 6.09 Å². The van der Waals surface area contributed by atoms with Gasteiger partial charge in [-0.15, -0.1) is 0 Å². The summed E-state index contributed by atoms with van der Waals surface area (Å²) in [6.45, 7) is 7.87. The Kier molecular flexibility index (Phi) is 11.6. The van der Waals surface area contributed by atoms with Crippen molar-refractivity contribution in [2.75, 3.05) is 0 Å². The van der Waals surface area contributed by atoms with Gasteiger partial charge < -0.3 is 21.7 Å². The predicted octanol–water partition coefficient (Wildman–Crippen LogP) is 2.81. The molecule has 0 fully saturated rings. The SMILES string of the molecule is CCCCCCCCC(NC(=O)OC(C)(C)C)[n+]1ccc(-c2ccccn2)cc1.[Br-]. The van der Waals surface area contributed by atoms with Crippen molar-refractivity contribution >= 4 is 6.09 Å². The molecule has 1 atom stereocenters. The minimum Gasteiger partial charge on any atom is -1.00 e. The molecule has 0 spiro atoms. The highest BCUT2D eigenvalue weighted by Crippen LogP contribution is 2.16. The number of nitrogens with one attached hydrogen (secondary N) is 1. The van der Waals surface area contributed by atoms with Gasteiger partial charge in [0, 0.05) is 30.3 Å². The number of amides is 1. The molecule has 0 aliphatic heterocycles. The van der Waals surface area contributed by atoms with Crippen molar-refractivity contribution in [2.45, 2.75) is 84.4 Å². The van der Waals surface area contributed by atoms with E-state index in [4.69, 9.17) is 4.74 Å². The van der Waals surface area contributed by atoms with E-state index in [-0.39, 0.29) is 29.2 Å². The van der Waals surface area contributed by atoms with Crippen molar-refractivity contribution in [3.05, 3.63) is 48.9 Å². The van der Waals surface area contributed by atoms with Gasteiger partial charge in [0.15, 0.2) is 12.4 Å². The number of carbonyl (C=O) groups is 1. The Hall–Kier alpha value is -1.95. The Labute approximate surface area is 192 Å². The molecule has 6 heteroatoms. The fourth-order valence-corrected chi connectivity index (χ4v) is 3.21. The molecular formula is C24H36BrN3O2. The number of unbranched alkanes of at least 4 members (excludes halogenated alkanes) is 5. The number of ether oxygens (including phenoxy) is 1. The zero-order chi connectivity index (χ0) is 21.1. The number of carbonyl (C=O) groups excluding carboxylic acids is 1. The Bertz CT molecular complexity index is 730. The molecule has 2 heterocycles. The van der Waals surface area contributed by atoms with Crippen LogP contribution in [-0.2, 0) is 4.74 Å². The van der Waals surface area contributed by atoms with Gasteiger partial charge in [-0.3, -0.25) is 10.3 Å². The van der Waals surface area contributed by atoms with Gasteiger partial charge in [-0.2, -0.15) is 4.57 Å². The van der Waals surface area contributed by atoms with Crippen LogP contribution in [0.25, 0.3) is 11.3 Å². The summed E-state index contributed by atoms with van der Waals surface area (Å²) in [5.74, 6) is 0. The zero-order valence-corrected chi connectivity index (χ0v) is 20.3. The van der Waals surface area contributed by atoms with E-state index in [0.29, 0.717) is 0 Å². The quantitative estimate of drug-likeness (QED) is 0.422. The fourth-order valence-electron chi connectivity index (χ4n) is 3.21. The minimum atomic E-state index is -0.512. The Morgan fingerprint density at radius 3 is 2.33 bits per heavy atom. The molecule has 0 saturated heterocycles. The monoisotopic (exact) mass is 477 g/mol. The highest BCUT2D eigenvalue weighted by Gasteiger charge is 2.24. The average molecular weight is 478 g/mol. The second-order valence-electron chi connectivity index (χ2n) is 8.47. The summed E-state index contributed by atoms with van der Waals surface area (Å²) < 4.78 is 7.51. The lowest BCUT2D eigenvalue weighted by atomic mass is 10.1. The summed E-state index contributed by atoms with van der Waals surface area (Å²) >= 11 is 0. The number of hydrogen-bond acceptors (Lipinski definition) is 3. The van der Waals surface area contributed by atoms with E-state index in [2.05, 4.69) is 17.2 Å². The van der Waals surface area contributed by atoms with Crippen LogP contribution in [0.1, 0.15) is 78.8 Å². The molecule has 2 aromatic heterocycles. The number of alkyl carbamates (subject to hydrolysis) is 1. The first-order chi connectivity index (χ1) is 13.9. The van der Waals surface area contributed by atoms with Crippen LogP contribution in [0.4, 0.5) is 4.79 Å². The molecule has 2 aromatic rings. The lowest BCUT2D eigenvalue weighted by Gasteiger charge is -2.21. The molecule has 166 valence electrons. The second kappa shape index (κ2) is 13.4. The summed E-state index contributed by atoms with van der Waals surface area (Å²) in [5.41, 5.74) is 1.48. The van der Waals surface area contributed by atoms with Crippen LogP contribution in [0.5, 0.6) is 0 Å². The maximum Gasteiger partial charge on any atom is 0.412 e. The summed E-state index contributed by atoms with van der Waals surface area (Å²) in [4.78, 5) is 16.7. The smallest absolute Gasteiger partial charge is 0.412 e. The van der Waals surface area contributed by atoms with Gasteiger partial charge in [-0.25, -0.2) is 4.79 Å². The summed E-state index contributed by atoms with van der Waals surface area (Å²) in [6, 6.07) is 9.95. The van der Waals surface area contributed by atoms with Crippen molar-refractivity contribution < 1.29 is 31.1 Å². The van der Waals surface area contributed by atoms with Crippen molar-refractivity contribution in [1.82, 2.24) is 10.3 Å². The van der Waals surface area contributed by atoms with Crippen LogP contribution in [0.15, 0.2) is 48.9 Å². The molecule has 0 aliphatic carbocycles. The molecule has 1 amide bonds. The highest BCUT2D eigenvalue weighted by atomic mass is 79.9. The largest absolute Gasteiger partial charge is 1.00 e. The highest BCUT2D eigenvalue weighted by molar-refractivity contribution is 5.67. The van der Waals surface area contributed by atoms with Crippen molar-refractivity contribution in [3.8, 4) is 11.3 Å². The van der Waals surface area contributed by atoms with E-state index in [1.165, 1.54) is 32.1 Å². The van der Waals surface area contributed by atoms with E-state index in [1.54, 1.807) is 6.20 Å².